The average molecular weight is 238 g/mol. The van der Waals surface area contributed by atoms with Gasteiger partial charge in [-0.3, -0.25) is 4.79 Å². The third-order valence-electron chi connectivity index (χ3n) is 2.69. The van der Waals surface area contributed by atoms with Crippen LogP contribution in [-0.2, 0) is 4.79 Å². The number of aryl methyl sites for hydroxylation is 1. The van der Waals surface area contributed by atoms with Crippen LogP contribution in [0.25, 0.3) is 0 Å². The second kappa shape index (κ2) is 4.73. The van der Waals surface area contributed by atoms with E-state index in [1.165, 1.54) is 0 Å². The van der Waals surface area contributed by atoms with E-state index in [1.54, 1.807) is 6.92 Å². The zero-order chi connectivity index (χ0) is 12.4. The number of anilines is 1. The van der Waals surface area contributed by atoms with Gasteiger partial charge in [0.25, 0.3) is 0 Å². The number of hydrogen-bond donors (Lipinski definition) is 0. The Balaban J connectivity index is 1.97. The first-order valence-electron chi connectivity index (χ1n) is 5.89. The normalized spacial score (nSPS) is 17.1. The van der Waals surface area contributed by atoms with Gasteiger partial charge in [0, 0.05) is 26.6 Å². The minimum Gasteiger partial charge on any atom is -0.408 e. The first kappa shape index (κ1) is 11.9. The van der Waals surface area contributed by atoms with Crippen molar-refractivity contribution in [1.82, 2.24) is 15.1 Å². The van der Waals surface area contributed by atoms with Crippen molar-refractivity contribution in [3.05, 3.63) is 5.89 Å². The molecular weight excluding hydrogens is 220 g/mol. The molecule has 0 saturated carbocycles. The highest BCUT2D eigenvalue weighted by atomic mass is 16.4. The zero-order valence-corrected chi connectivity index (χ0v) is 10.5. The summed E-state index contributed by atoms with van der Waals surface area (Å²) in [5, 5.41) is 7.70. The van der Waals surface area contributed by atoms with Crippen molar-refractivity contribution in [2.24, 2.45) is 5.92 Å². The van der Waals surface area contributed by atoms with Crippen LogP contribution in [0.1, 0.15) is 19.7 Å². The Bertz CT molecular complexity index is 402. The highest BCUT2D eigenvalue weighted by Gasteiger charge is 2.26. The molecule has 2 heterocycles. The predicted molar refractivity (Wildman–Crippen MR) is 62.7 cm³/mol. The van der Waals surface area contributed by atoms with Crippen LogP contribution < -0.4 is 4.90 Å². The molecule has 1 amide bonds. The molecule has 0 N–H and O–H groups in total. The standard InChI is InChI=1S/C11H18N4O2/c1-8(2)6-14-4-5-15(7-10(14)16)11-13-12-9(3)17-11/h8H,4-7H2,1-3H3. The lowest BCUT2D eigenvalue weighted by Crippen LogP contribution is -2.51. The molecule has 0 aromatic carbocycles. The molecule has 6 heteroatoms. The number of carbonyl (C=O) groups is 1. The SMILES string of the molecule is Cc1nnc(N2CCN(CC(C)C)C(=O)C2)o1. The molecule has 2 rings (SSSR count). The summed E-state index contributed by atoms with van der Waals surface area (Å²) < 4.78 is 5.32. The molecule has 0 bridgehead atoms. The molecule has 1 aliphatic rings. The van der Waals surface area contributed by atoms with Crippen LogP contribution in [0.15, 0.2) is 4.42 Å². The second-order valence-corrected chi connectivity index (χ2v) is 4.76. The first-order chi connectivity index (χ1) is 8.06. The van der Waals surface area contributed by atoms with Gasteiger partial charge in [-0.15, -0.1) is 5.10 Å². The molecule has 94 valence electrons. The van der Waals surface area contributed by atoms with Gasteiger partial charge in [0.05, 0.1) is 0 Å². The van der Waals surface area contributed by atoms with Gasteiger partial charge in [-0.1, -0.05) is 18.9 Å². The van der Waals surface area contributed by atoms with Crippen molar-refractivity contribution in [3.63, 3.8) is 0 Å². The molecule has 0 spiro atoms. The zero-order valence-electron chi connectivity index (χ0n) is 10.5. The summed E-state index contributed by atoms with van der Waals surface area (Å²) in [7, 11) is 0. The lowest BCUT2D eigenvalue weighted by atomic mass is 10.2. The largest absolute Gasteiger partial charge is 0.408 e. The number of aromatic nitrogens is 2. The van der Waals surface area contributed by atoms with Crippen LogP contribution in [-0.4, -0.2) is 47.2 Å². The van der Waals surface area contributed by atoms with Gasteiger partial charge >= 0.3 is 6.01 Å². The Kier molecular flexibility index (Phi) is 3.31. The molecule has 0 radical (unpaired) electrons. The highest BCUT2D eigenvalue weighted by molar-refractivity contribution is 5.82. The Morgan fingerprint density at radius 3 is 2.65 bits per heavy atom. The summed E-state index contributed by atoms with van der Waals surface area (Å²) in [6, 6.07) is 0.444. The maximum absolute atomic E-state index is 11.9. The van der Waals surface area contributed by atoms with Gasteiger partial charge in [0.15, 0.2) is 0 Å². The summed E-state index contributed by atoms with van der Waals surface area (Å²) in [4.78, 5) is 15.6. The van der Waals surface area contributed by atoms with Gasteiger partial charge < -0.3 is 14.2 Å². The van der Waals surface area contributed by atoms with E-state index in [1.807, 2.05) is 9.80 Å². The third-order valence-corrected chi connectivity index (χ3v) is 2.69. The van der Waals surface area contributed by atoms with E-state index in [4.69, 9.17) is 4.42 Å². The average Bonchev–Trinajstić information content (AvgIpc) is 2.67. The molecule has 1 fully saturated rings. The summed E-state index contributed by atoms with van der Waals surface area (Å²) in [6.07, 6.45) is 0. The van der Waals surface area contributed by atoms with Crippen molar-refractivity contribution in [2.75, 3.05) is 31.1 Å². The lowest BCUT2D eigenvalue weighted by Gasteiger charge is -2.34. The number of carbonyl (C=O) groups excluding carboxylic acids is 1. The van der Waals surface area contributed by atoms with Gasteiger partial charge in [0.1, 0.15) is 6.54 Å². The van der Waals surface area contributed by atoms with E-state index in [2.05, 4.69) is 24.0 Å². The fourth-order valence-electron chi connectivity index (χ4n) is 1.92. The monoisotopic (exact) mass is 238 g/mol. The van der Waals surface area contributed by atoms with Gasteiger partial charge in [-0.25, -0.2) is 0 Å². The predicted octanol–water partition coefficient (Wildman–Crippen LogP) is 0.683. The fourth-order valence-corrected chi connectivity index (χ4v) is 1.92. The molecule has 0 unspecified atom stereocenters. The Morgan fingerprint density at radius 1 is 1.35 bits per heavy atom. The van der Waals surface area contributed by atoms with E-state index in [0.29, 0.717) is 24.4 Å². The molecule has 1 saturated heterocycles. The van der Waals surface area contributed by atoms with E-state index < -0.39 is 0 Å². The summed E-state index contributed by atoms with van der Waals surface area (Å²) in [6.45, 7) is 8.58. The van der Waals surface area contributed by atoms with E-state index in [9.17, 15) is 4.79 Å². The molecule has 1 aromatic rings. The summed E-state index contributed by atoms with van der Waals surface area (Å²) >= 11 is 0. The molecule has 0 aliphatic carbocycles. The van der Waals surface area contributed by atoms with Gasteiger partial charge in [-0.2, -0.15) is 0 Å². The van der Waals surface area contributed by atoms with Crippen LogP contribution in [0.4, 0.5) is 6.01 Å². The van der Waals surface area contributed by atoms with Crippen LogP contribution in [0, 0.1) is 12.8 Å². The van der Waals surface area contributed by atoms with Crippen LogP contribution in [0.3, 0.4) is 0 Å². The maximum Gasteiger partial charge on any atom is 0.318 e. The molecule has 0 atom stereocenters. The molecular formula is C11H18N4O2. The Morgan fingerprint density at radius 2 is 2.12 bits per heavy atom. The van der Waals surface area contributed by atoms with Crippen molar-refractivity contribution in [2.45, 2.75) is 20.8 Å². The topological polar surface area (TPSA) is 62.5 Å². The number of hydrogen-bond acceptors (Lipinski definition) is 5. The van der Waals surface area contributed by atoms with Crippen LogP contribution in [0.5, 0.6) is 0 Å². The highest BCUT2D eigenvalue weighted by Crippen LogP contribution is 2.15. The summed E-state index contributed by atoms with van der Waals surface area (Å²) in [5.41, 5.74) is 0. The minimum atomic E-state index is 0.126. The van der Waals surface area contributed by atoms with Crippen molar-refractivity contribution >= 4 is 11.9 Å². The quantitative estimate of drug-likeness (QED) is 0.775. The van der Waals surface area contributed by atoms with E-state index in [0.717, 1.165) is 19.6 Å². The van der Waals surface area contributed by atoms with Crippen LogP contribution >= 0.6 is 0 Å². The molecule has 1 aromatic heterocycles. The summed E-state index contributed by atoms with van der Waals surface area (Å²) in [5.74, 6) is 1.15. The Hall–Kier alpha value is -1.59. The van der Waals surface area contributed by atoms with Crippen molar-refractivity contribution in [1.29, 1.82) is 0 Å². The smallest absolute Gasteiger partial charge is 0.318 e. The third kappa shape index (κ3) is 2.75. The number of rotatable bonds is 3. The number of nitrogens with zero attached hydrogens (tertiary/aromatic N) is 4. The minimum absolute atomic E-state index is 0.126. The van der Waals surface area contributed by atoms with Gasteiger partial charge in [0.2, 0.25) is 11.8 Å². The maximum atomic E-state index is 11.9. The van der Waals surface area contributed by atoms with Gasteiger partial charge in [-0.05, 0) is 5.92 Å². The number of piperazine rings is 1. The Labute approximate surface area is 101 Å². The van der Waals surface area contributed by atoms with Crippen molar-refractivity contribution in [3.8, 4) is 0 Å². The molecule has 17 heavy (non-hydrogen) atoms. The molecule has 6 nitrogen and oxygen atoms in total. The van der Waals surface area contributed by atoms with E-state index in [-0.39, 0.29) is 5.91 Å². The molecule has 1 aliphatic heterocycles. The van der Waals surface area contributed by atoms with Crippen LogP contribution in [0.2, 0.25) is 0 Å². The fraction of sp³-hybridized carbons (Fsp3) is 0.727. The first-order valence-corrected chi connectivity index (χ1v) is 5.89. The van der Waals surface area contributed by atoms with E-state index >= 15 is 0 Å². The second-order valence-electron chi connectivity index (χ2n) is 4.76. The lowest BCUT2D eigenvalue weighted by molar-refractivity contribution is -0.131. The van der Waals surface area contributed by atoms with Crippen molar-refractivity contribution < 1.29 is 9.21 Å². The number of amides is 1.